The van der Waals surface area contributed by atoms with Crippen molar-refractivity contribution in [3.63, 3.8) is 0 Å². The number of carbonyl (C=O) groups is 1. The lowest BCUT2D eigenvalue weighted by atomic mass is 9.81. The van der Waals surface area contributed by atoms with Crippen molar-refractivity contribution in [2.24, 2.45) is 11.1 Å². The van der Waals surface area contributed by atoms with Crippen LogP contribution in [0.2, 0.25) is 0 Å². The summed E-state index contributed by atoms with van der Waals surface area (Å²) in [5.74, 6) is -0.0187. The predicted octanol–water partition coefficient (Wildman–Crippen LogP) is 2.07. The minimum atomic E-state index is -0.679. The van der Waals surface area contributed by atoms with Crippen molar-refractivity contribution in [2.75, 3.05) is 20.1 Å². The molecule has 3 N–H and O–H groups in total. The van der Waals surface area contributed by atoms with Crippen molar-refractivity contribution in [1.82, 2.24) is 10.2 Å². The average Bonchev–Trinajstić information content (AvgIpc) is 2.94. The molecule has 1 aliphatic rings. The van der Waals surface area contributed by atoms with E-state index in [1.54, 1.807) is 0 Å². The lowest BCUT2D eigenvalue weighted by Gasteiger charge is -2.30. The standard InChI is InChI=1S/C15H29N3OS/c1-4-15(5-2,13(16)20)14(19)17-10-11-18(3)12-8-6-7-9-12/h12H,4-11H2,1-3H3,(H2,16,20)(H,17,19). The van der Waals surface area contributed by atoms with E-state index in [1.807, 2.05) is 13.8 Å². The van der Waals surface area contributed by atoms with Crippen molar-refractivity contribution < 1.29 is 4.79 Å². The van der Waals surface area contributed by atoms with Gasteiger partial charge in [0.25, 0.3) is 0 Å². The van der Waals surface area contributed by atoms with Gasteiger partial charge in [0.05, 0.1) is 10.4 Å². The van der Waals surface area contributed by atoms with E-state index in [9.17, 15) is 4.79 Å². The van der Waals surface area contributed by atoms with Crippen LogP contribution >= 0.6 is 12.2 Å². The summed E-state index contributed by atoms with van der Waals surface area (Å²) in [5.41, 5.74) is 5.11. The second kappa shape index (κ2) is 7.93. The molecule has 0 aromatic carbocycles. The first-order valence-electron chi connectivity index (χ1n) is 7.76. The number of thiocarbonyl (C=S) groups is 1. The average molecular weight is 299 g/mol. The van der Waals surface area contributed by atoms with Crippen LogP contribution in [0, 0.1) is 5.41 Å². The Morgan fingerprint density at radius 1 is 1.35 bits per heavy atom. The third kappa shape index (κ3) is 3.92. The topological polar surface area (TPSA) is 58.4 Å². The smallest absolute Gasteiger partial charge is 0.233 e. The van der Waals surface area contributed by atoms with E-state index in [1.165, 1.54) is 25.7 Å². The van der Waals surface area contributed by atoms with E-state index in [-0.39, 0.29) is 5.91 Å². The molecule has 4 nitrogen and oxygen atoms in total. The molecule has 0 aliphatic heterocycles. The first kappa shape index (κ1) is 17.4. The van der Waals surface area contributed by atoms with Crippen LogP contribution in [0.5, 0.6) is 0 Å². The summed E-state index contributed by atoms with van der Waals surface area (Å²) in [5, 5.41) is 3.01. The molecule has 0 bridgehead atoms. The summed E-state index contributed by atoms with van der Waals surface area (Å²) in [6.07, 6.45) is 6.54. The summed E-state index contributed by atoms with van der Waals surface area (Å²) in [4.78, 5) is 15.0. The maximum Gasteiger partial charge on any atom is 0.233 e. The summed E-state index contributed by atoms with van der Waals surface area (Å²) in [7, 11) is 2.14. The third-order valence-electron chi connectivity index (χ3n) is 4.81. The fraction of sp³-hybridized carbons (Fsp3) is 0.867. The van der Waals surface area contributed by atoms with Crippen LogP contribution in [0.4, 0.5) is 0 Å². The highest BCUT2D eigenvalue weighted by Crippen LogP contribution is 2.27. The Kier molecular flexibility index (Phi) is 6.89. The van der Waals surface area contributed by atoms with Crippen molar-refractivity contribution in [3.05, 3.63) is 0 Å². The van der Waals surface area contributed by atoms with Gasteiger partial charge in [-0.15, -0.1) is 0 Å². The molecule has 116 valence electrons. The second-order valence-corrected chi connectivity index (χ2v) is 6.27. The zero-order chi connectivity index (χ0) is 15.2. The van der Waals surface area contributed by atoms with Gasteiger partial charge in [0.15, 0.2) is 0 Å². The summed E-state index contributed by atoms with van der Waals surface area (Å²) >= 11 is 5.10. The van der Waals surface area contributed by atoms with Crippen molar-refractivity contribution in [2.45, 2.75) is 58.4 Å². The number of hydrogen-bond donors (Lipinski definition) is 2. The van der Waals surface area contributed by atoms with E-state index in [4.69, 9.17) is 18.0 Å². The van der Waals surface area contributed by atoms with Crippen LogP contribution in [0.1, 0.15) is 52.4 Å². The Morgan fingerprint density at radius 2 is 1.90 bits per heavy atom. The van der Waals surface area contributed by atoms with E-state index in [2.05, 4.69) is 17.3 Å². The molecule has 1 aliphatic carbocycles. The van der Waals surface area contributed by atoms with Gasteiger partial charge in [-0.25, -0.2) is 0 Å². The maximum atomic E-state index is 12.4. The molecule has 0 saturated heterocycles. The van der Waals surface area contributed by atoms with Crippen molar-refractivity contribution >= 4 is 23.1 Å². The lowest BCUT2D eigenvalue weighted by Crippen LogP contribution is -2.49. The zero-order valence-electron chi connectivity index (χ0n) is 13.1. The molecule has 0 atom stereocenters. The Hall–Kier alpha value is -0.680. The third-order valence-corrected chi connectivity index (χ3v) is 5.20. The van der Waals surface area contributed by atoms with Gasteiger partial charge in [0.1, 0.15) is 0 Å². The van der Waals surface area contributed by atoms with E-state index < -0.39 is 5.41 Å². The predicted molar refractivity (Wildman–Crippen MR) is 87.7 cm³/mol. The molecule has 1 rings (SSSR count). The van der Waals surface area contributed by atoms with E-state index in [0.717, 1.165) is 6.54 Å². The van der Waals surface area contributed by atoms with Gasteiger partial charge < -0.3 is 16.0 Å². The Labute approximate surface area is 128 Å². The van der Waals surface area contributed by atoms with Crippen LogP contribution in [-0.2, 0) is 4.79 Å². The SMILES string of the molecule is CCC(CC)(C(=O)NCCN(C)C1CCCC1)C(N)=S. The number of nitrogens with zero attached hydrogens (tertiary/aromatic N) is 1. The van der Waals surface area contributed by atoms with Crippen molar-refractivity contribution in [1.29, 1.82) is 0 Å². The molecular weight excluding hydrogens is 270 g/mol. The monoisotopic (exact) mass is 299 g/mol. The number of rotatable bonds is 8. The van der Waals surface area contributed by atoms with Crippen LogP contribution in [0.25, 0.3) is 0 Å². The molecule has 0 unspecified atom stereocenters. The quantitative estimate of drug-likeness (QED) is 0.674. The lowest BCUT2D eigenvalue weighted by molar-refractivity contribution is -0.127. The zero-order valence-corrected chi connectivity index (χ0v) is 13.9. The van der Waals surface area contributed by atoms with Gasteiger partial charge in [-0.05, 0) is 32.7 Å². The number of nitrogens with two attached hydrogens (primary N) is 1. The first-order chi connectivity index (χ1) is 9.47. The fourth-order valence-electron chi connectivity index (χ4n) is 3.07. The van der Waals surface area contributed by atoms with Gasteiger partial charge >= 0.3 is 0 Å². The fourth-order valence-corrected chi connectivity index (χ4v) is 3.46. The van der Waals surface area contributed by atoms with Crippen LogP contribution in [-0.4, -0.2) is 42.0 Å². The minimum absolute atomic E-state index is 0.0187. The number of amides is 1. The van der Waals surface area contributed by atoms with Gasteiger partial charge in [0, 0.05) is 19.1 Å². The second-order valence-electron chi connectivity index (χ2n) is 5.83. The molecule has 1 saturated carbocycles. The number of nitrogens with one attached hydrogen (secondary N) is 1. The van der Waals surface area contributed by atoms with Crippen LogP contribution in [0.3, 0.4) is 0 Å². The molecular formula is C15H29N3OS. The highest BCUT2D eigenvalue weighted by molar-refractivity contribution is 7.80. The van der Waals surface area contributed by atoms with Gasteiger partial charge in [-0.2, -0.15) is 0 Å². The highest BCUT2D eigenvalue weighted by Gasteiger charge is 2.37. The number of likely N-dealkylation sites (N-methyl/N-ethyl adjacent to an activating group) is 1. The Bertz CT molecular complexity index is 336. The summed E-state index contributed by atoms with van der Waals surface area (Å²) in [6, 6.07) is 0.685. The van der Waals surface area contributed by atoms with Gasteiger partial charge in [-0.1, -0.05) is 38.9 Å². The molecule has 0 aromatic rings. The van der Waals surface area contributed by atoms with E-state index >= 15 is 0 Å². The summed E-state index contributed by atoms with van der Waals surface area (Å²) < 4.78 is 0. The molecule has 1 fully saturated rings. The van der Waals surface area contributed by atoms with E-state index in [0.29, 0.717) is 30.4 Å². The van der Waals surface area contributed by atoms with Gasteiger partial charge in [0.2, 0.25) is 5.91 Å². The molecule has 20 heavy (non-hydrogen) atoms. The highest BCUT2D eigenvalue weighted by atomic mass is 32.1. The molecule has 5 heteroatoms. The van der Waals surface area contributed by atoms with Crippen LogP contribution < -0.4 is 11.1 Å². The molecule has 0 heterocycles. The maximum absolute atomic E-state index is 12.4. The summed E-state index contributed by atoms with van der Waals surface area (Å²) in [6.45, 7) is 5.48. The van der Waals surface area contributed by atoms with Crippen LogP contribution in [0.15, 0.2) is 0 Å². The first-order valence-corrected chi connectivity index (χ1v) is 8.17. The molecule has 0 spiro atoms. The molecule has 0 radical (unpaired) electrons. The van der Waals surface area contributed by atoms with Crippen molar-refractivity contribution in [3.8, 4) is 0 Å². The molecule has 1 amide bonds. The van der Waals surface area contributed by atoms with Gasteiger partial charge in [-0.3, -0.25) is 4.79 Å². The molecule has 0 aromatic heterocycles. The largest absolute Gasteiger partial charge is 0.392 e. The number of hydrogen-bond acceptors (Lipinski definition) is 3. The minimum Gasteiger partial charge on any atom is -0.392 e. The normalized spacial score (nSPS) is 16.6. The number of carbonyl (C=O) groups excluding carboxylic acids is 1. The Balaban J connectivity index is 2.43. The Morgan fingerprint density at radius 3 is 2.35 bits per heavy atom.